The van der Waals surface area contributed by atoms with Gasteiger partial charge in [0.05, 0.1) is 0 Å². The van der Waals surface area contributed by atoms with Gasteiger partial charge in [-0.1, -0.05) is 24.3 Å². The van der Waals surface area contributed by atoms with Gasteiger partial charge in [-0.2, -0.15) is 0 Å². The second-order valence-corrected chi connectivity index (χ2v) is 7.40. The summed E-state index contributed by atoms with van der Waals surface area (Å²) in [6.07, 6.45) is 4.41. The van der Waals surface area contributed by atoms with Crippen molar-refractivity contribution in [2.24, 2.45) is 4.99 Å². The molecule has 7 heteroatoms. The zero-order valence-electron chi connectivity index (χ0n) is 17.3. The number of guanidine groups is 1. The zero-order valence-corrected chi connectivity index (χ0v) is 19.6. The first kappa shape index (κ1) is 22.4. The summed E-state index contributed by atoms with van der Waals surface area (Å²) < 4.78 is 13.1. The Bertz CT molecular complexity index is 867. The predicted octanol–water partition coefficient (Wildman–Crippen LogP) is 3.72. The molecule has 0 atom stereocenters. The van der Waals surface area contributed by atoms with E-state index in [1.807, 2.05) is 19.2 Å². The van der Waals surface area contributed by atoms with Crippen LogP contribution >= 0.6 is 24.0 Å². The minimum Gasteiger partial charge on any atom is -0.368 e. The molecule has 2 heterocycles. The van der Waals surface area contributed by atoms with Gasteiger partial charge in [0.15, 0.2) is 5.96 Å². The van der Waals surface area contributed by atoms with Gasteiger partial charge in [-0.05, 0) is 42.0 Å². The van der Waals surface area contributed by atoms with Crippen LogP contribution in [0.2, 0.25) is 0 Å². The molecule has 5 nitrogen and oxygen atoms in total. The molecule has 2 aliphatic heterocycles. The predicted molar refractivity (Wildman–Crippen MR) is 134 cm³/mol. The van der Waals surface area contributed by atoms with Crippen LogP contribution in [0.15, 0.2) is 65.7 Å². The van der Waals surface area contributed by atoms with E-state index in [1.165, 1.54) is 23.4 Å². The normalized spacial score (nSPS) is 16.6. The first-order valence-electron chi connectivity index (χ1n) is 10.2. The maximum atomic E-state index is 13.1. The fraction of sp³-hybridized carbons (Fsp3) is 0.348. The second-order valence-electron chi connectivity index (χ2n) is 7.40. The number of nitrogens with one attached hydrogen (secondary N) is 1. The summed E-state index contributed by atoms with van der Waals surface area (Å²) in [5, 5.41) is 3.51. The fourth-order valence-corrected chi connectivity index (χ4v) is 3.89. The van der Waals surface area contributed by atoms with Crippen LogP contribution in [0, 0.1) is 5.82 Å². The van der Waals surface area contributed by atoms with Crippen molar-refractivity contribution in [3.63, 3.8) is 0 Å². The Morgan fingerprint density at radius 3 is 2.30 bits per heavy atom. The number of benzene rings is 2. The molecule has 0 aliphatic carbocycles. The van der Waals surface area contributed by atoms with Gasteiger partial charge in [0.2, 0.25) is 0 Å². The van der Waals surface area contributed by atoms with Crippen molar-refractivity contribution in [1.29, 1.82) is 0 Å². The lowest BCUT2D eigenvalue weighted by Gasteiger charge is -2.37. The molecule has 0 amide bonds. The van der Waals surface area contributed by atoms with Crippen molar-refractivity contribution in [2.75, 3.05) is 56.1 Å². The van der Waals surface area contributed by atoms with Crippen LogP contribution in [0.25, 0.3) is 0 Å². The highest BCUT2D eigenvalue weighted by Crippen LogP contribution is 2.19. The highest BCUT2D eigenvalue weighted by Gasteiger charge is 2.20. The maximum Gasteiger partial charge on any atom is 0.194 e. The topological polar surface area (TPSA) is 34.1 Å². The number of aliphatic imine (C=N–C) groups is 1. The summed E-state index contributed by atoms with van der Waals surface area (Å²) in [7, 11) is 1.83. The van der Waals surface area contributed by atoms with Crippen LogP contribution in [-0.2, 0) is 6.54 Å². The fourth-order valence-electron chi connectivity index (χ4n) is 3.89. The number of anilines is 2. The Morgan fingerprint density at radius 2 is 1.63 bits per heavy atom. The van der Waals surface area contributed by atoms with Crippen LogP contribution in [-0.4, -0.2) is 57.2 Å². The van der Waals surface area contributed by atoms with E-state index in [9.17, 15) is 4.39 Å². The lowest BCUT2D eigenvalue weighted by atomic mass is 10.2. The number of piperazine rings is 1. The van der Waals surface area contributed by atoms with Crippen molar-refractivity contribution >= 4 is 41.3 Å². The summed E-state index contributed by atoms with van der Waals surface area (Å²) in [5.41, 5.74) is 3.58. The van der Waals surface area contributed by atoms with Crippen LogP contribution < -0.4 is 15.1 Å². The highest BCUT2D eigenvalue weighted by molar-refractivity contribution is 14.0. The Morgan fingerprint density at radius 1 is 0.933 bits per heavy atom. The monoisotopic (exact) mass is 521 g/mol. The number of rotatable bonds is 4. The molecule has 1 N–H and O–H groups in total. The van der Waals surface area contributed by atoms with Gasteiger partial charge >= 0.3 is 0 Å². The van der Waals surface area contributed by atoms with E-state index in [0.29, 0.717) is 0 Å². The molecule has 0 spiro atoms. The minimum absolute atomic E-state index is 0. The molecule has 160 valence electrons. The molecule has 4 rings (SSSR count). The number of hydrogen-bond donors (Lipinski definition) is 1. The largest absolute Gasteiger partial charge is 0.368 e. The quantitative estimate of drug-likeness (QED) is 0.288. The lowest BCUT2D eigenvalue weighted by molar-refractivity contribution is 0.372. The molecule has 0 bridgehead atoms. The van der Waals surface area contributed by atoms with Gasteiger partial charge in [-0.3, -0.25) is 4.99 Å². The van der Waals surface area contributed by atoms with Gasteiger partial charge in [-0.25, -0.2) is 4.39 Å². The summed E-state index contributed by atoms with van der Waals surface area (Å²) in [6, 6.07) is 15.4. The van der Waals surface area contributed by atoms with Crippen molar-refractivity contribution in [1.82, 2.24) is 10.2 Å². The number of hydrogen-bond acceptors (Lipinski definition) is 3. The third kappa shape index (κ3) is 5.44. The van der Waals surface area contributed by atoms with Gasteiger partial charge in [0.1, 0.15) is 5.82 Å². The number of nitrogens with zero attached hydrogens (tertiary/aromatic N) is 4. The summed E-state index contributed by atoms with van der Waals surface area (Å²) in [4.78, 5) is 11.4. The first-order valence-corrected chi connectivity index (χ1v) is 10.2. The minimum atomic E-state index is -0.193. The van der Waals surface area contributed by atoms with Crippen LogP contribution in [0.1, 0.15) is 5.56 Å². The Kier molecular flexibility index (Phi) is 7.95. The third-order valence-electron chi connectivity index (χ3n) is 5.53. The molecule has 0 radical (unpaired) electrons. The molecule has 1 saturated heterocycles. The van der Waals surface area contributed by atoms with Crippen molar-refractivity contribution in [2.45, 2.75) is 6.54 Å². The average molecular weight is 521 g/mol. The molecular formula is C23H29FIN5. The van der Waals surface area contributed by atoms with E-state index in [2.05, 4.69) is 61.4 Å². The first-order chi connectivity index (χ1) is 14.2. The maximum absolute atomic E-state index is 13.1. The van der Waals surface area contributed by atoms with E-state index in [1.54, 1.807) is 0 Å². The Hall–Kier alpha value is -2.29. The second kappa shape index (κ2) is 10.7. The zero-order chi connectivity index (χ0) is 20.1. The molecule has 2 aliphatic rings. The van der Waals surface area contributed by atoms with Gasteiger partial charge in [-0.15, -0.1) is 24.0 Å². The Balaban J connectivity index is 0.00000256. The SMILES string of the molecule is CN=C(NCc1cccc(N2CC=CC2)c1)N1CCN(c2ccc(F)cc2)CC1.I. The molecular weight excluding hydrogens is 492 g/mol. The molecule has 2 aromatic carbocycles. The van der Waals surface area contributed by atoms with Crippen molar-refractivity contribution < 1.29 is 4.39 Å². The van der Waals surface area contributed by atoms with Gasteiger partial charge < -0.3 is 20.0 Å². The average Bonchev–Trinajstić information content (AvgIpc) is 3.31. The van der Waals surface area contributed by atoms with E-state index in [4.69, 9.17) is 0 Å². The molecule has 0 saturated carbocycles. The summed E-state index contributed by atoms with van der Waals surface area (Å²) in [6.45, 7) is 6.27. The van der Waals surface area contributed by atoms with Crippen LogP contribution in [0.3, 0.4) is 0 Å². The van der Waals surface area contributed by atoms with Crippen LogP contribution in [0.4, 0.5) is 15.8 Å². The molecule has 2 aromatic rings. The molecule has 0 aromatic heterocycles. The summed E-state index contributed by atoms with van der Waals surface area (Å²) in [5.74, 6) is 0.735. The number of halogens is 2. The third-order valence-corrected chi connectivity index (χ3v) is 5.53. The highest BCUT2D eigenvalue weighted by atomic mass is 127. The Labute approximate surface area is 195 Å². The van der Waals surface area contributed by atoms with Crippen molar-refractivity contribution in [3.8, 4) is 0 Å². The lowest BCUT2D eigenvalue weighted by Crippen LogP contribution is -2.52. The van der Waals surface area contributed by atoms with E-state index >= 15 is 0 Å². The molecule has 1 fully saturated rings. The molecule has 30 heavy (non-hydrogen) atoms. The van der Waals surface area contributed by atoms with Crippen LogP contribution in [0.5, 0.6) is 0 Å². The van der Waals surface area contributed by atoms with E-state index < -0.39 is 0 Å². The van der Waals surface area contributed by atoms with Crippen molar-refractivity contribution in [3.05, 3.63) is 72.1 Å². The summed E-state index contributed by atoms with van der Waals surface area (Å²) >= 11 is 0. The van der Waals surface area contributed by atoms with Gasteiger partial charge in [0, 0.05) is 64.2 Å². The standard InChI is InChI=1S/C23H28FN5.HI/c1-25-23(26-18-19-5-4-6-22(17-19)27-11-2-3-12-27)29-15-13-28(14-16-29)21-9-7-20(24)8-10-21;/h2-10,17H,11-16,18H2,1H3,(H,25,26);1H. The molecule has 0 unspecified atom stereocenters. The smallest absolute Gasteiger partial charge is 0.194 e. The van der Waals surface area contributed by atoms with E-state index in [0.717, 1.165) is 57.5 Å². The van der Waals surface area contributed by atoms with E-state index in [-0.39, 0.29) is 29.8 Å². The van der Waals surface area contributed by atoms with Gasteiger partial charge in [0.25, 0.3) is 0 Å².